The van der Waals surface area contributed by atoms with E-state index in [4.69, 9.17) is 0 Å². The zero-order valence-electron chi connectivity index (χ0n) is 16.1. The molecule has 0 unspecified atom stereocenters. The molecule has 0 aliphatic carbocycles. The summed E-state index contributed by atoms with van der Waals surface area (Å²) >= 11 is 0. The van der Waals surface area contributed by atoms with Gasteiger partial charge in [0.1, 0.15) is 0 Å². The number of sulfonamides is 1. The molecular formula is C21H26N2O3S. The van der Waals surface area contributed by atoms with Crippen molar-refractivity contribution < 1.29 is 13.2 Å². The van der Waals surface area contributed by atoms with Crippen LogP contribution in [0.1, 0.15) is 42.9 Å². The Labute approximate surface area is 161 Å². The van der Waals surface area contributed by atoms with Crippen molar-refractivity contribution in [2.24, 2.45) is 0 Å². The second kappa shape index (κ2) is 7.72. The van der Waals surface area contributed by atoms with Gasteiger partial charge in [-0.3, -0.25) is 9.52 Å². The van der Waals surface area contributed by atoms with Crippen LogP contribution in [0.15, 0.2) is 41.3 Å². The van der Waals surface area contributed by atoms with E-state index >= 15 is 0 Å². The summed E-state index contributed by atoms with van der Waals surface area (Å²) in [7, 11) is -3.66. The zero-order chi connectivity index (χ0) is 19.6. The number of nitrogens with zero attached hydrogens (tertiary/aromatic N) is 1. The van der Waals surface area contributed by atoms with E-state index in [9.17, 15) is 13.2 Å². The van der Waals surface area contributed by atoms with Crippen LogP contribution < -0.4 is 9.62 Å². The molecule has 1 N–H and O–H groups in total. The van der Waals surface area contributed by atoms with Crippen LogP contribution in [0.5, 0.6) is 0 Å². The minimum Gasteiger partial charge on any atom is -0.312 e. The van der Waals surface area contributed by atoms with Crippen LogP contribution in [0.2, 0.25) is 0 Å². The number of nitrogens with one attached hydrogen (secondary N) is 1. The molecule has 0 saturated carbocycles. The Morgan fingerprint density at radius 3 is 2.59 bits per heavy atom. The van der Waals surface area contributed by atoms with Crippen LogP contribution in [0.25, 0.3) is 0 Å². The van der Waals surface area contributed by atoms with Gasteiger partial charge >= 0.3 is 0 Å². The molecule has 2 aromatic rings. The average molecular weight is 387 g/mol. The topological polar surface area (TPSA) is 66.5 Å². The Hall–Kier alpha value is -2.34. The maximum atomic E-state index is 12.8. The third-order valence-electron chi connectivity index (χ3n) is 4.90. The van der Waals surface area contributed by atoms with E-state index in [1.807, 2.05) is 36.1 Å². The van der Waals surface area contributed by atoms with Gasteiger partial charge < -0.3 is 4.90 Å². The molecule has 0 bridgehead atoms. The summed E-state index contributed by atoms with van der Waals surface area (Å²) in [6, 6.07) is 10.8. The number of unbranched alkanes of at least 4 members (excludes halogenated alkanes) is 1. The SMILES string of the molecule is CCCCN1C(=O)CCc2cc(NS(=O)(=O)c3cc(C)ccc3C)ccc21. The predicted octanol–water partition coefficient (Wildman–Crippen LogP) is 4.18. The Kier molecular flexibility index (Phi) is 5.56. The highest BCUT2D eigenvalue weighted by atomic mass is 32.2. The highest BCUT2D eigenvalue weighted by Crippen LogP contribution is 2.31. The summed E-state index contributed by atoms with van der Waals surface area (Å²) in [5.41, 5.74) is 4.04. The maximum absolute atomic E-state index is 12.8. The molecule has 0 radical (unpaired) electrons. The Bertz CT molecular complexity index is 967. The van der Waals surface area contributed by atoms with Crippen LogP contribution in [0.4, 0.5) is 11.4 Å². The minimum atomic E-state index is -3.66. The molecule has 5 nitrogen and oxygen atoms in total. The van der Waals surface area contributed by atoms with E-state index in [1.165, 1.54) is 0 Å². The van der Waals surface area contributed by atoms with Crippen molar-refractivity contribution in [1.29, 1.82) is 0 Å². The molecule has 0 aromatic heterocycles. The molecule has 6 heteroatoms. The second-order valence-corrected chi connectivity index (χ2v) is 8.77. The largest absolute Gasteiger partial charge is 0.312 e. The number of anilines is 2. The first-order chi connectivity index (χ1) is 12.8. The van der Waals surface area contributed by atoms with Crippen molar-refractivity contribution in [2.75, 3.05) is 16.2 Å². The summed E-state index contributed by atoms with van der Waals surface area (Å²) in [5.74, 6) is 0.139. The fourth-order valence-corrected chi connectivity index (χ4v) is 4.77. The van der Waals surface area contributed by atoms with Crippen LogP contribution >= 0.6 is 0 Å². The van der Waals surface area contributed by atoms with Crippen molar-refractivity contribution in [3.05, 3.63) is 53.1 Å². The first-order valence-electron chi connectivity index (χ1n) is 9.35. The molecule has 2 aromatic carbocycles. The molecule has 1 heterocycles. The third-order valence-corrected chi connectivity index (χ3v) is 6.42. The van der Waals surface area contributed by atoms with Gasteiger partial charge in [-0.25, -0.2) is 8.42 Å². The van der Waals surface area contributed by atoms with Crippen LogP contribution in [-0.2, 0) is 21.2 Å². The normalized spacial score (nSPS) is 14.2. The van der Waals surface area contributed by atoms with Gasteiger partial charge in [-0.2, -0.15) is 0 Å². The van der Waals surface area contributed by atoms with Gasteiger partial charge in [-0.15, -0.1) is 0 Å². The van der Waals surface area contributed by atoms with Crippen LogP contribution in [-0.4, -0.2) is 20.9 Å². The van der Waals surface area contributed by atoms with Crippen molar-refractivity contribution in [1.82, 2.24) is 0 Å². The van der Waals surface area contributed by atoms with E-state index in [-0.39, 0.29) is 5.91 Å². The summed E-state index contributed by atoms with van der Waals surface area (Å²) in [4.78, 5) is 14.4. The maximum Gasteiger partial charge on any atom is 0.262 e. The molecule has 1 amide bonds. The van der Waals surface area contributed by atoms with Gasteiger partial charge in [0, 0.05) is 24.3 Å². The fraction of sp³-hybridized carbons (Fsp3) is 0.381. The summed E-state index contributed by atoms with van der Waals surface area (Å²) in [5, 5.41) is 0. The number of carbonyl (C=O) groups excluding carboxylic acids is 1. The van der Waals surface area contributed by atoms with Crippen molar-refractivity contribution in [3.63, 3.8) is 0 Å². The number of rotatable bonds is 6. The van der Waals surface area contributed by atoms with E-state index in [0.29, 0.717) is 35.5 Å². The Morgan fingerprint density at radius 2 is 1.85 bits per heavy atom. The smallest absolute Gasteiger partial charge is 0.262 e. The van der Waals surface area contributed by atoms with Gasteiger partial charge in [0.15, 0.2) is 0 Å². The lowest BCUT2D eigenvalue weighted by molar-refractivity contribution is -0.118. The lowest BCUT2D eigenvalue weighted by Gasteiger charge is -2.30. The fourth-order valence-electron chi connectivity index (χ4n) is 3.39. The predicted molar refractivity (Wildman–Crippen MR) is 109 cm³/mol. The minimum absolute atomic E-state index is 0.139. The molecule has 0 saturated heterocycles. The molecule has 144 valence electrons. The standard InChI is InChI=1S/C21H26N2O3S/c1-4-5-12-23-19-10-9-18(14-17(19)8-11-21(23)24)22-27(25,26)20-13-15(2)6-7-16(20)3/h6-7,9-10,13-14,22H,4-5,8,11-12H2,1-3H3. The van der Waals surface area contributed by atoms with E-state index in [0.717, 1.165) is 29.7 Å². The number of hydrogen-bond acceptors (Lipinski definition) is 3. The Balaban J connectivity index is 1.89. The van der Waals surface area contributed by atoms with Gasteiger partial charge in [0.05, 0.1) is 4.90 Å². The second-order valence-electron chi connectivity index (χ2n) is 7.12. The van der Waals surface area contributed by atoms with Gasteiger partial charge in [-0.05, 0) is 67.6 Å². The van der Waals surface area contributed by atoms with Crippen molar-refractivity contribution in [3.8, 4) is 0 Å². The number of hydrogen-bond donors (Lipinski definition) is 1. The molecule has 27 heavy (non-hydrogen) atoms. The van der Waals surface area contributed by atoms with Gasteiger partial charge in [-0.1, -0.05) is 25.5 Å². The number of aryl methyl sites for hydroxylation is 3. The quantitative estimate of drug-likeness (QED) is 0.810. The molecule has 1 aliphatic rings. The number of benzene rings is 2. The molecule has 0 atom stereocenters. The average Bonchev–Trinajstić information content (AvgIpc) is 2.62. The highest BCUT2D eigenvalue weighted by Gasteiger charge is 2.24. The van der Waals surface area contributed by atoms with E-state index < -0.39 is 10.0 Å². The number of fused-ring (bicyclic) bond motifs is 1. The van der Waals surface area contributed by atoms with Crippen molar-refractivity contribution in [2.45, 2.75) is 51.3 Å². The molecule has 1 aliphatic heterocycles. The summed E-state index contributed by atoms with van der Waals surface area (Å²) in [6.07, 6.45) is 3.07. The van der Waals surface area contributed by atoms with Gasteiger partial charge in [0.2, 0.25) is 5.91 Å². The van der Waals surface area contributed by atoms with Gasteiger partial charge in [0.25, 0.3) is 10.0 Å². The third kappa shape index (κ3) is 4.16. The first kappa shape index (κ1) is 19.4. The van der Waals surface area contributed by atoms with E-state index in [2.05, 4.69) is 11.6 Å². The first-order valence-corrected chi connectivity index (χ1v) is 10.8. The number of carbonyl (C=O) groups is 1. The lowest BCUT2D eigenvalue weighted by atomic mass is 10.00. The highest BCUT2D eigenvalue weighted by molar-refractivity contribution is 7.92. The zero-order valence-corrected chi connectivity index (χ0v) is 16.9. The lowest BCUT2D eigenvalue weighted by Crippen LogP contribution is -2.35. The Morgan fingerprint density at radius 1 is 1.07 bits per heavy atom. The summed E-state index contributed by atoms with van der Waals surface area (Å²) in [6.45, 7) is 6.47. The molecular weight excluding hydrogens is 360 g/mol. The monoisotopic (exact) mass is 386 g/mol. The molecule has 0 fully saturated rings. The van der Waals surface area contributed by atoms with Crippen LogP contribution in [0, 0.1) is 13.8 Å². The number of amides is 1. The molecule has 3 rings (SSSR count). The van der Waals surface area contributed by atoms with Crippen LogP contribution in [0.3, 0.4) is 0 Å². The van der Waals surface area contributed by atoms with Crippen molar-refractivity contribution >= 4 is 27.3 Å². The molecule has 0 spiro atoms. The summed E-state index contributed by atoms with van der Waals surface area (Å²) < 4.78 is 28.3. The van der Waals surface area contributed by atoms with E-state index in [1.54, 1.807) is 19.1 Å².